The molecule has 2 aromatic heterocycles. The van der Waals surface area contributed by atoms with Crippen molar-refractivity contribution in [1.82, 2.24) is 9.55 Å². The third kappa shape index (κ3) is 4.51. The fourth-order valence-electron chi connectivity index (χ4n) is 3.50. The Morgan fingerprint density at radius 1 is 1.10 bits per heavy atom. The van der Waals surface area contributed by atoms with Crippen LogP contribution < -0.4 is 5.32 Å². The van der Waals surface area contributed by atoms with Crippen molar-refractivity contribution in [2.45, 2.75) is 19.4 Å². The van der Waals surface area contributed by atoms with E-state index < -0.39 is 5.82 Å². The number of fused-ring (bicyclic) bond motifs is 1. The second-order valence-corrected chi connectivity index (χ2v) is 7.49. The molecule has 2 N–H and O–H groups in total. The number of carbonyl (C=O) groups is 1. The summed E-state index contributed by atoms with van der Waals surface area (Å²) < 4.78 is 29.4. The smallest absolute Gasteiger partial charge is 0.225 e. The Morgan fingerprint density at radius 2 is 1.87 bits per heavy atom. The maximum absolute atomic E-state index is 14.6. The number of nitrogens with zero attached hydrogens (tertiary/aromatic N) is 2. The summed E-state index contributed by atoms with van der Waals surface area (Å²) in [5.41, 5.74) is 1.21. The highest BCUT2D eigenvalue weighted by Crippen LogP contribution is 2.34. The number of hydrogen-bond acceptors (Lipinski definition) is 3. The number of pyridine rings is 1. The number of hydrogen-bond donors (Lipinski definition) is 2. The lowest BCUT2D eigenvalue weighted by Crippen LogP contribution is -2.15. The molecule has 0 aliphatic carbocycles. The van der Waals surface area contributed by atoms with Gasteiger partial charge in [-0.3, -0.25) is 4.79 Å². The molecule has 0 aliphatic heterocycles. The summed E-state index contributed by atoms with van der Waals surface area (Å²) in [6.45, 7) is 0.204. The Kier molecular flexibility index (Phi) is 5.86. The van der Waals surface area contributed by atoms with E-state index in [9.17, 15) is 18.7 Å². The van der Waals surface area contributed by atoms with Gasteiger partial charge in [0.2, 0.25) is 5.91 Å². The van der Waals surface area contributed by atoms with Crippen LogP contribution in [0.15, 0.2) is 60.8 Å². The van der Waals surface area contributed by atoms with Gasteiger partial charge < -0.3 is 15.0 Å². The van der Waals surface area contributed by atoms with E-state index in [1.165, 1.54) is 30.5 Å². The molecule has 0 saturated carbocycles. The van der Waals surface area contributed by atoms with Crippen LogP contribution in [0.1, 0.15) is 17.7 Å². The number of nitrogens with one attached hydrogen (secondary N) is 1. The first-order chi connectivity index (χ1) is 14.9. The minimum Gasteiger partial charge on any atom is -0.494 e. The van der Waals surface area contributed by atoms with Gasteiger partial charge in [0, 0.05) is 29.1 Å². The van der Waals surface area contributed by atoms with Crippen molar-refractivity contribution in [3.05, 3.63) is 88.7 Å². The van der Waals surface area contributed by atoms with Crippen molar-refractivity contribution < 1.29 is 18.7 Å². The number of benzene rings is 2. The van der Waals surface area contributed by atoms with E-state index in [1.807, 2.05) is 0 Å². The standard InChI is InChI=1S/C23H18ClF2N3O2/c24-15-6-10-20(27-12-15)28-21(30)11-9-19-22-17(2-1-3-18(22)26)23(31)29(19)13-14-4-7-16(25)8-5-14/h1-8,10,12,31H,9,11,13H2,(H,27,28,30). The number of aryl methyl sites for hydroxylation is 1. The molecule has 0 radical (unpaired) electrons. The van der Waals surface area contributed by atoms with Gasteiger partial charge in [-0.05, 0) is 48.4 Å². The van der Waals surface area contributed by atoms with Crippen molar-refractivity contribution in [1.29, 1.82) is 0 Å². The Hall–Kier alpha value is -3.45. The van der Waals surface area contributed by atoms with Gasteiger partial charge in [0.25, 0.3) is 0 Å². The molecule has 2 heterocycles. The third-order valence-corrected chi connectivity index (χ3v) is 5.19. The Morgan fingerprint density at radius 3 is 2.58 bits per heavy atom. The van der Waals surface area contributed by atoms with Crippen LogP contribution in [0.3, 0.4) is 0 Å². The molecular formula is C23H18ClF2N3O2. The normalized spacial score (nSPS) is 11.1. The first-order valence-electron chi connectivity index (χ1n) is 9.57. The predicted molar refractivity (Wildman–Crippen MR) is 115 cm³/mol. The molecule has 158 valence electrons. The number of halogens is 3. The van der Waals surface area contributed by atoms with Crippen LogP contribution in [0.2, 0.25) is 5.02 Å². The summed E-state index contributed by atoms with van der Waals surface area (Å²) in [6, 6.07) is 13.5. The molecule has 0 atom stereocenters. The monoisotopic (exact) mass is 441 g/mol. The zero-order valence-electron chi connectivity index (χ0n) is 16.3. The van der Waals surface area contributed by atoms with Gasteiger partial charge >= 0.3 is 0 Å². The van der Waals surface area contributed by atoms with Gasteiger partial charge in [-0.15, -0.1) is 0 Å². The molecular weight excluding hydrogens is 424 g/mol. The molecule has 8 heteroatoms. The topological polar surface area (TPSA) is 67.2 Å². The number of carbonyl (C=O) groups excluding carboxylic acids is 1. The molecule has 0 saturated heterocycles. The number of aromatic hydroxyl groups is 1. The van der Waals surface area contributed by atoms with Crippen molar-refractivity contribution >= 4 is 34.1 Å². The van der Waals surface area contributed by atoms with Crippen LogP contribution in [0.4, 0.5) is 14.6 Å². The van der Waals surface area contributed by atoms with Crippen LogP contribution in [-0.4, -0.2) is 20.6 Å². The highest BCUT2D eigenvalue weighted by Gasteiger charge is 2.20. The van der Waals surface area contributed by atoms with E-state index in [2.05, 4.69) is 10.3 Å². The van der Waals surface area contributed by atoms with Crippen molar-refractivity contribution in [3.63, 3.8) is 0 Å². The Bertz CT molecular complexity index is 1240. The number of aromatic nitrogens is 2. The second-order valence-electron chi connectivity index (χ2n) is 7.06. The van der Waals surface area contributed by atoms with E-state index in [0.717, 1.165) is 5.56 Å². The fraction of sp³-hybridized carbons (Fsp3) is 0.130. The summed E-state index contributed by atoms with van der Waals surface area (Å²) in [5.74, 6) is -0.915. The lowest BCUT2D eigenvalue weighted by molar-refractivity contribution is -0.116. The summed E-state index contributed by atoms with van der Waals surface area (Å²) in [4.78, 5) is 16.4. The summed E-state index contributed by atoms with van der Waals surface area (Å²) in [6.07, 6.45) is 1.64. The van der Waals surface area contributed by atoms with E-state index in [-0.39, 0.29) is 42.4 Å². The highest BCUT2D eigenvalue weighted by atomic mass is 35.5. The molecule has 0 bridgehead atoms. The van der Waals surface area contributed by atoms with Crippen LogP contribution in [0, 0.1) is 11.6 Å². The lowest BCUT2D eigenvalue weighted by Gasteiger charge is -2.12. The zero-order chi connectivity index (χ0) is 22.0. The van der Waals surface area contributed by atoms with E-state index in [0.29, 0.717) is 21.9 Å². The predicted octanol–water partition coefficient (Wildman–Crippen LogP) is 5.29. The summed E-state index contributed by atoms with van der Waals surface area (Å²) in [7, 11) is 0. The number of rotatable bonds is 6. The molecule has 31 heavy (non-hydrogen) atoms. The lowest BCUT2D eigenvalue weighted by atomic mass is 10.1. The maximum atomic E-state index is 14.6. The molecule has 0 spiro atoms. The molecule has 0 fully saturated rings. The first kappa shape index (κ1) is 20.8. The van der Waals surface area contributed by atoms with Crippen molar-refractivity contribution in [2.75, 3.05) is 5.32 Å². The van der Waals surface area contributed by atoms with Crippen molar-refractivity contribution in [3.8, 4) is 5.88 Å². The van der Waals surface area contributed by atoms with E-state index in [4.69, 9.17) is 11.6 Å². The quantitative estimate of drug-likeness (QED) is 0.427. The molecule has 5 nitrogen and oxygen atoms in total. The molecule has 1 amide bonds. The van der Waals surface area contributed by atoms with E-state index >= 15 is 0 Å². The van der Waals surface area contributed by atoms with Gasteiger partial charge in [-0.1, -0.05) is 29.8 Å². The van der Waals surface area contributed by atoms with E-state index in [1.54, 1.807) is 34.9 Å². The Labute approximate surface area is 181 Å². The van der Waals surface area contributed by atoms with Crippen LogP contribution in [-0.2, 0) is 17.8 Å². The Balaban J connectivity index is 1.62. The maximum Gasteiger partial charge on any atom is 0.225 e. The third-order valence-electron chi connectivity index (χ3n) is 4.96. The number of amides is 1. The van der Waals surface area contributed by atoms with Crippen LogP contribution in [0.5, 0.6) is 5.88 Å². The highest BCUT2D eigenvalue weighted by molar-refractivity contribution is 6.30. The van der Waals surface area contributed by atoms with Gasteiger partial charge in [0.05, 0.1) is 11.6 Å². The largest absolute Gasteiger partial charge is 0.494 e. The average Bonchev–Trinajstić information content (AvgIpc) is 3.02. The number of anilines is 1. The molecule has 0 unspecified atom stereocenters. The summed E-state index contributed by atoms with van der Waals surface area (Å²) >= 11 is 5.80. The average molecular weight is 442 g/mol. The van der Waals surface area contributed by atoms with Crippen LogP contribution in [0.25, 0.3) is 10.8 Å². The van der Waals surface area contributed by atoms with Crippen LogP contribution >= 0.6 is 11.6 Å². The van der Waals surface area contributed by atoms with Gasteiger partial charge in [-0.25, -0.2) is 13.8 Å². The SMILES string of the molecule is O=C(CCc1c2c(F)cccc2c(O)n1Cc1ccc(F)cc1)Nc1ccc(Cl)cn1. The minimum atomic E-state index is -0.486. The van der Waals surface area contributed by atoms with Gasteiger partial charge in [0.1, 0.15) is 17.5 Å². The van der Waals surface area contributed by atoms with Gasteiger partial charge in [0.15, 0.2) is 5.88 Å². The molecule has 0 aliphatic rings. The fourth-order valence-corrected chi connectivity index (χ4v) is 3.61. The van der Waals surface area contributed by atoms with Gasteiger partial charge in [-0.2, -0.15) is 0 Å². The molecule has 4 rings (SSSR count). The second kappa shape index (κ2) is 8.73. The summed E-state index contributed by atoms with van der Waals surface area (Å²) in [5, 5.41) is 14.5. The van der Waals surface area contributed by atoms with Crippen molar-refractivity contribution in [2.24, 2.45) is 0 Å². The minimum absolute atomic E-state index is 0.0423. The zero-order valence-corrected chi connectivity index (χ0v) is 17.0. The molecule has 2 aromatic carbocycles. The first-order valence-corrected chi connectivity index (χ1v) is 9.94. The molecule has 4 aromatic rings.